The maximum Gasteiger partial charge on any atom is 0.225 e. The molecule has 2 heterocycles. The standard InChI is InChI=1S/C25H27FN4O3/c1-32-22-9-8-18(23(12-22)33-2)13-27-24(31)19-6-4-10-30(16-19)25-28-14-20(15-29-25)17-5-3-7-21(26)11-17/h3,5,7-9,11-12,14-15,19H,4,6,10,13,16H2,1-2H3,(H,27,31). The number of nitrogens with one attached hydrogen (secondary N) is 1. The normalized spacial score (nSPS) is 15.7. The van der Waals surface area contributed by atoms with Crippen molar-refractivity contribution in [2.24, 2.45) is 5.92 Å². The summed E-state index contributed by atoms with van der Waals surface area (Å²) in [6.45, 7) is 1.71. The summed E-state index contributed by atoms with van der Waals surface area (Å²) in [6, 6.07) is 11.9. The highest BCUT2D eigenvalue weighted by molar-refractivity contribution is 5.79. The van der Waals surface area contributed by atoms with Crippen LogP contribution in [0.2, 0.25) is 0 Å². The minimum Gasteiger partial charge on any atom is -0.497 e. The molecule has 1 saturated heterocycles. The largest absolute Gasteiger partial charge is 0.497 e. The van der Waals surface area contributed by atoms with Crippen molar-refractivity contribution in [1.82, 2.24) is 15.3 Å². The number of ether oxygens (including phenoxy) is 2. The van der Waals surface area contributed by atoms with Gasteiger partial charge in [0.05, 0.1) is 20.1 Å². The van der Waals surface area contributed by atoms with Crippen molar-refractivity contribution in [1.29, 1.82) is 0 Å². The number of methoxy groups -OCH3 is 2. The van der Waals surface area contributed by atoms with Gasteiger partial charge in [0.15, 0.2) is 0 Å². The van der Waals surface area contributed by atoms with Crippen LogP contribution in [-0.2, 0) is 11.3 Å². The summed E-state index contributed by atoms with van der Waals surface area (Å²) in [7, 11) is 3.20. The molecule has 4 rings (SSSR count). The summed E-state index contributed by atoms with van der Waals surface area (Å²) < 4.78 is 24.1. The van der Waals surface area contributed by atoms with Crippen molar-refractivity contribution in [3.63, 3.8) is 0 Å². The Bertz CT molecular complexity index is 1110. The summed E-state index contributed by atoms with van der Waals surface area (Å²) in [5.74, 6) is 1.49. The Labute approximate surface area is 192 Å². The molecule has 172 valence electrons. The fourth-order valence-corrected chi connectivity index (χ4v) is 4.00. The summed E-state index contributed by atoms with van der Waals surface area (Å²) in [5, 5.41) is 3.03. The van der Waals surface area contributed by atoms with Gasteiger partial charge in [0.2, 0.25) is 11.9 Å². The zero-order valence-electron chi connectivity index (χ0n) is 18.8. The predicted molar refractivity (Wildman–Crippen MR) is 124 cm³/mol. The lowest BCUT2D eigenvalue weighted by Crippen LogP contribution is -2.43. The average Bonchev–Trinajstić information content (AvgIpc) is 2.87. The van der Waals surface area contributed by atoms with Crippen LogP contribution in [0.4, 0.5) is 10.3 Å². The number of nitrogens with zero attached hydrogens (tertiary/aromatic N) is 3. The molecule has 0 saturated carbocycles. The number of halogens is 1. The molecule has 1 atom stereocenters. The quantitative estimate of drug-likeness (QED) is 0.590. The first kappa shape index (κ1) is 22.5. The smallest absolute Gasteiger partial charge is 0.225 e. The number of hydrogen-bond acceptors (Lipinski definition) is 6. The molecule has 7 nitrogen and oxygen atoms in total. The lowest BCUT2D eigenvalue weighted by atomic mass is 9.97. The number of anilines is 1. The van der Waals surface area contributed by atoms with E-state index >= 15 is 0 Å². The van der Waals surface area contributed by atoms with E-state index in [-0.39, 0.29) is 17.6 Å². The van der Waals surface area contributed by atoms with E-state index in [1.165, 1.54) is 12.1 Å². The van der Waals surface area contributed by atoms with Crippen LogP contribution < -0.4 is 19.7 Å². The second kappa shape index (κ2) is 10.3. The van der Waals surface area contributed by atoms with Crippen LogP contribution in [0.1, 0.15) is 18.4 Å². The molecule has 0 bridgehead atoms. The number of carbonyl (C=O) groups is 1. The molecule has 0 aliphatic carbocycles. The number of aromatic nitrogens is 2. The van der Waals surface area contributed by atoms with Crippen molar-refractivity contribution < 1.29 is 18.7 Å². The highest BCUT2D eigenvalue weighted by atomic mass is 19.1. The van der Waals surface area contributed by atoms with Gasteiger partial charge in [0.25, 0.3) is 0 Å². The van der Waals surface area contributed by atoms with Crippen LogP contribution in [0.3, 0.4) is 0 Å². The van der Waals surface area contributed by atoms with Gasteiger partial charge in [-0.3, -0.25) is 4.79 Å². The van der Waals surface area contributed by atoms with Gasteiger partial charge in [0.1, 0.15) is 17.3 Å². The molecule has 1 N–H and O–H groups in total. The summed E-state index contributed by atoms with van der Waals surface area (Å²) >= 11 is 0. The van der Waals surface area contributed by atoms with Crippen LogP contribution in [0.5, 0.6) is 11.5 Å². The molecular weight excluding hydrogens is 423 g/mol. The first-order valence-corrected chi connectivity index (χ1v) is 10.9. The SMILES string of the molecule is COc1ccc(CNC(=O)C2CCCN(c3ncc(-c4cccc(F)c4)cn3)C2)c(OC)c1. The topological polar surface area (TPSA) is 76.6 Å². The van der Waals surface area contributed by atoms with Gasteiger partial charge >= 0.3 is 0 Å². The molecule has 1 aliphatic heterocycles. The zero-order valence-corrected chi connectivity index (χ0v) is 18.8. The molecule has 1 aromatic heterocycles. The molecule has 0 radical (unpaired) electrons. The van der Waals surface area contributed by atoms with Gasteiger partial charge in [-0.15, -0.1) is 0 Å². The summed E-state index contributed by atoms with van der Waals surface area (Å²) in [5.41, 5.74) is 2.36. The van der Waals surface area contributed by atoms with Crippen molar-refractivity contribution in [3.05, 3.63) is 66.2 Å². The molecular formula is C25H27FN4O3. The second-order valence-electron chi connectivity index (χ2n) is 7.96. The Balaban J connectivity index is 1.37. The molecule has 33 heavy (non-hydrogen) atoms. The van der Waals surface area contributed by atoms with Gasteiger partial charge in [-0.05, 0) is 42.7 Å². The van der Waals surface area contributed by atoms with Gasteiger partial charge in [0, 0.05) is 49.2 Å². The van der Waals surface area contributed by atoms with Crippen LogP contribution in [0.15, 0.2) is 54.9 Å². The van der Waals surface area contributed by atoms with E-state index in [1.807, 2.05) is 23.1 Å². The third-order valence-electron chi connectivity index (χ3n) is 5.82. The minimum absolute atomic E-state index is 0.00560. The van der Waals surface area contributed by atoms with Gasteiger partial charge in [-0.25, -0.2) is 14.4 Å². The van der Waals surface area contributed by atoms with E-state index in [0.29, 0.717) is 30.5 Å². The monoisotopic (exact) mass is 450 g/mol. The van der Waals surface area contributed by atoms with Crippen LogP contribution >= 0.6 is 0 Å². The third-order valence-corrected chi connectivity index (χ3v) is 5.82. The molecule has 3 aromatic rings. The van der Waals surface area contributed by atoms with Crippen molar-refractivity contribution in [2.75, 3.05) is 32.2 Å². The Kier molecular flexibility index (Phi) is 7.02. The third kappa shape index (κ3) is 5.39. The lowest BCUT2D eigenvalue weighted by molar-refractivity contribution is -0.125. The molecule has 1 unspecified atom stereocenters. The molecule has 8 heteroatoms. The van der Waals surface area contributed by atoms with E-state index in [2.05, 4.69) is 15.3 Å². The number of carbonyl (C=O) groups excluding carboxylic acids is 1. The van der Waals surface area contributed by atoms with E-state index < -0.39 is 0 Å². The lowest BCUT2D eigenvalue weighted by Gasteiger charge is -2.32. The van der Waals surface area contributed by atoms with Crippen LogP contribution in [-0.4, -0.2) is 43.2 Å². The molecule has 2 aromatic carbocycles. The fourth-order valence-electron chi connectivity index (χ4n) is 4.00. The number of rotatable bonds is 7. The molecule has 1 aliphatic rings. The number of piperidine rings is 1. The van der Waals surface area contributed by atoms with Crippen molar-refractivity contribution in [2.45, 2.75) is 19.4 Å². The Hall–Kier alpha value is -3.68. The highest BCUT2D eigenvalue weighted by Crippen LogP contribution is 2.26. The van der Waals surface area contributed by atoms with Crippen molar-refractivity contribution >= 4 is 11.9 Å². The van der Waals surface area contributed by atoms with E-state index in [1.54, 1.807) is 38.7 Å². The Morgan fingerprint density at radius 2 is 1.94 bits per heavy atom. The average molecular weight is 451 g/mol. The van der Waals surface area contributed by atoms with Crippen molar-refractivity contribution in [3.8, 4) is 22.6 Å². The predicted octanol–water partition coefficient (Wildman–Crippen LogP) is 3.83. The first-order valence-electron chi connectivity index (χ1n) is 10.9. The van der Waals surface area contributed by atoms with Gasteiger partial charge < -0.3 is 19.7 Å². The van der Waals surface area contributed by atoms with E-state index in [0.717, 1.165) is 36.1 Å². The zero-order chi connectivity index (χ0) is 23.2. The summed E-state index contributed by atoms with van der Waals surface area (Å²) in [4.78, 5) is 23.8. The van der Waals surface area contributed by atoms with Gasteiger partial charge in [-0.1, -0.05) is 12.1 Å². The van der Waals surface area contributed by atoms with E-state index in [4.69, 9.17) is 9.47 Å². The number of hydrogen-bond donors (Lipinski definition) is 1. The van der Waals surface area contributed by atoms with E-state index in [9.17, 15) is 9.18 Å². The Morgan fingerprint density at radius 3 is 2.67 bits per heavy atom. The van der Waals surface area contributed by atoms with Crippen LogP contribution in [0.25, 0.3) is 11.1 Å². The summed E-state index contributed by atoms with van der Waals surface area (Å²) in [6.07, 6.45) is 5.07. The number of amides is 1. The highest BCUT2D eigenvalue weighted by Gasteiger charge is 2.27. The molecule has 1 amide bonds. The second-order valence-corrected chi connectivity index (χ2v) is 7.96. The van der Waals surface area contributed by atoms with Gasteiger partial charge in [-0.2, -0.15) is 0 Å². The minimum atomic E-state index is -0.297. The first-order chi connectivity index (χ1) is 16.1. The number of benzene rings is 2. The maximum atomic E-state index is 13.5. The molecule has 0 spiro atoms. The maximum absolute atomic E-state index is 13.5. The van der Waals surface area contributed by atoms with Crippen LogP contribution in [0, 0.1) is 11.7 Å². The Morgan fingerprint density at radius 1 is 1.12 bits per heavy atom. The molecule has 1 fully saturated rings. The fraction of sp³-hybridized carbons (Fsp3) is 0.320.